The second-order valence-electron chi connectivity index (χ2n) is 9.70. The quantitative estimate of drug-likeness (QED) is 0.693. The molecule has 0 aliphatic carbocycles. The molecule has 1 amide bonds. The number of piperidine rings is 1. The number of anilines is 3. The van der Waals surface area contributed by atoms with Gasteiger partial charge >= 0.3 is 6.09 Å². The van der Waals surface area contributed by atoms with E-state index in [9.17, 15) is 17.6 Å². The lowest BCUT2D eigenvalue weighted by Gasteiger charge is -2.34. The van der Waals surface area contributed by atoms with Gasteiger partial charge in [-0.1, -0.05) is 0 Å². The zero-order chi connectivity index (χ0) is 24.7. The Labute approximate surface area is 199 Å². The molecule has 184 valence electrons. The standard InChI is InChI=1S/C23H30FN5O4S/c1-23(2,3)33-22(30)28-10-7-15(8-11-28)27-20-17-9-12-29(21(17)26-14-25-20)19-6-5-16(13-18(19)24)34(4,31)32/h5-6,13-15H,7-12H2,1-4H3,(H,25,26,27). The number of fused-ring (bicyclic) bond motifs is 1. The van der Waals surface area contributed by atoms with Gasteiger partial charge in [-0.05, 0) is 58.2 Å². The molecule has 1 aromatic heterocycles. The van der Waals surface area contributed by atoms with E-state index in [1.54, 1.807) is 9.80 Å². The van der Waals surface area contributed by atoms with E-state index in [2.05, 4.69) is 15.3 Å². The highest BCUT2D eigenvalue weighted by Crippen LogP contribution is 2.37. The van der Waals surface area contributed by atoms with Crippen LogP contribution in [-0.4, -0.2) is 66.9 Å². The van der Waals surface area contributed by atoms with Gasteiger partial charge in [0, 0.05) is 37.5 Å². The Bertz CT molecular complexity index is 1190. The van der Waals surface area contributed by atoms with Gasteiger partial charge in [-0.2, -0.15) is 0 Å². The van der Waals surface area contributed by atoms with Gasteiger partial charge in [0.25, 0.3) is 0 Å². The molecule has 1 fully saturated rings. The third-order valence-electron chi connectivity index (χ3n) is 5.89. The minimum atomic E-state index is -3.49. The summed E-state index contributed by atoms with van der Waals surface area (Å²) in [7, 11) is -3.49. The highest BCUT2D eigenvalue weighted by Gasteiger charge is 2.30. The molecule has 0 atom stereocenters. The van der Waals surface area contributed by atoms with Gasteiger partial charge in [0.2, 0.25) is 0 Å². The molecule has 0 bridgehead atoms. The molecule has 0 spiro atoms. The molecule has 2 aliphatic rings. The maximum atomic E-state index is 14.8. The van der Waals surface area contributed by atoms with E-state index < -0.39 is 21.3 Å². The monoisotopic (exact) mass is 491 g/mol. The lowest BCUT2D eigenvalue weighted by Crippen LogP contribution is -2.44. The Kier molecular flexibility index (Phi) is 6.41. The number of aromatic nitrogens is 2. The van der Waals surface area contributed by atoms with E-state index in [0.29, 0.717) is 37.7 Å². The van der Waals surface area contributed by atoms with Crippen LogP contribution in [0.2, 0.25) is 0 Å². The minimum absolute atomic E-state index is 0.0593. The first kappa shape index (κ1) is 24.2. The number of ether oxygens (including phenoxy) is 1. The fourth-order valence-corrected chi connectivity index (χ4v) is 4.85. The van der Waals surface area contributed by atoms with Crippen molar-refractivity contribution < 1.29 is 22.3 Å². The van der Waals surface area contributed by atoms with Crippen molar-refractivity contribution in [2.45, 2.75) is 56.6 Å². The number of benzene rings is 1. The predicted molar refractivity (Wildman–Crippen MR) is 127 cm³/mol. The third kappa shape index (κ3) is 5.24. The molecule has 2 aromatic rings. The van der Waals surface area contributed by atoms with Crippen LogP contribution < -0.4 is 10.2 Å². The summed E-state index contributed by atoms with van der Waals surface area (Å²) in [5.74, 6) is 0.699. The van der Waals surface area contributed by atoms with E-state index in [4.69, 9.17) is 4.74 Å². The number of sulfone groups is 1. The van der Waals surface area contributed by atoms with E-state index in [-0.39, 0.29) is 22.7 Å². The number of amides is 1. The van der Waals surface area contributed by atoms with E-state index in [0.717, 1.165) is 30.7 Å². The SMILES string of the molecule is CC(C)(C)OC(=O)N1CCC(Nc2ncnc3c2CCN3c2ccc(S(C)(=O)=O)cc2F)CC1. The lowest BCUT2D eigenvalue weighted by atomic mass is 10.0. The van der Waals surface area contributed by atoms with Gasteiger partial charge in [-0.25, -0.2) is 27.6 Å². The van der Waals surface area contributed by atoms with Crippen molar-refractivity contribution in [3.05, 3.63) is 35.9 Å². The summed E-state index contributed by atoms with van der Waals surface area (Å²) in [6.45, 7) is 7.24. The fourth-order valence-electron chi connectivity index (χ4n) is 4.22. The van der Waals surface area contributed by atoms with Crippen molar-refractivity contribution >= 4 is 33.3 Å². The first-order chi connectivity index (χ1) is 15.9. The molecule has 0 radical (unpaired) electrons. The van der Waals surface area contributed by atoms with E-state index in [1.165, 1.54) is 18.5 Å². The number of nitrogens with one attached hydrogen (secondary N) is 1. The Morgan fingerprint density at radius 1 is 1.18 bits per heavy atom. The molecule has 11 heteroatoms. The molecule has 3 heterocycles. The topological polar surface area (TPSA) is 105 Å². The molecule has 2 aliphatic heterocycles. The molecule has 34 heavy (non-hydrogen) atoms. The molecule has 9 nitrogen and oxygen atoms in total. The molecular weight excluding hydrogens is 461 g/mol. The number of rotatable bonds is 4. The van der Waals surface area contributed by atoms with Gasteiger partial charge in [0.15, 0.2) is 9.84 Å². The zero-order valence-electron chi connectivity index (χ0n) is 19.8. The van der Waals surface area contributed by atoms with Gasteiger partial charge < -0.3 is 19.9 Å². The molecular formula is C23H30FN5O4S. The second kappa shape index (κ2) is 9.01. The van der Waals surface area contributed by atoms with Crippen LogP contribution in [0.3, 0.4) is 0 Å². The number of carbonyl (C=O) groups excluding carboxylic acids is 1. The van der Waals surface area contributed by atoms with Crippen LogP contribution in [0.4, 0.5) is 26.5 Å². The number of likely N-dealkylation sites (tertiary alicyclic amines) is 1. The van der Waals surface area contributed by atoms with Crippen LogP contribution in [0, 0.1) is 5.82 Å². The van der Waals surface area contributed by atoms with Crippen LogP contribution >= 0.6 is 0 Å². The van der Waals surface area contributed by atoms with Crippen molar-refractivity contribution in [2.75, 3.05) is 36.1 Å². The summed E-state index contributed by atoms with van der Waals surface area (Å²) in [5, 5.41) is 3.47. The Hall–Kier alpha value is -2.95. The number of hydrogen-bond acceptors (Lipinski definition) is 8. The molecule has 4 rings (SSSR count). The highest BCUT2D eigenvalue weighted by molar-refractivity contribution is 7.90. The van der Waals surface area contributed by atoms with Crippen LogP contribution in [0.5, 0.6) is 0 Å². The summed E-state index contributed by atoms with van der Waals surface area (Å²) in [6, 6.07) is 4.06. The van der Waals surface area contributed by atoms with Crippen LogP contribution in [-0.2, 0) is 21.0 Å². The molecule has 1 saturated heterocycles. The summed E-state index contributed by atoms with van der Waals surface area (Å²) in [6.07, 6.45) is 4.33. The van der Waals surface area contributed by atoms with E-state index in [1.807, 2.05) is 20.8 Å². The molecule has 1 aromatic carbocycles. The van der Waals surface area contributed by atoms with Gasteiger partial charge in [-0.15, -0.1) is 0 Å². The van der Waals surface area contributed by atoms with Crippen LogP contribution in [0.1, 0.15) is 39.2 Å². The lowest BCUT2D eigenvalue weighted by molar-refractivity contribution is 0.0210. The minimum Gasteiger partial charge on any atom is -0.444 e. The van der Waals surface area contributed by atoms with Crippen molar-refractivity contribution in [3.8, 4) is 0 Å². The molecule has 1 N–H and O–H groups in total. The summed E-state index contributed by atoms with van der Waals surface area (Å²) >= 11 is 0. The van der Waals surface area contributed by atoms with Crippen molar-refractivity contribution in [1.29, 1.82) is 0 Å². The number of hydrogen-bond donors (Lipinski definition) is 1. The maximum Gasteiger partial charge on any atom is 0.410 e. The van der Waals surface area contributed by atoms with Gasteiger partial charge in [0.1, 0.15) is 29.4 Å². The number of nitrogens with zero attached hydrogens (tertiary/aromatic N) is 4. The van der Waals surface area contributed by atoms with Crippen molar-refractivity contribution in [3.63, 3.8) is 0 Å². The average molecular weight is 492 g/mol. The van der Waals surface area contributed by atoms with Crippen LogP contribution in [0.25, 0.3) is 0 Å². The fraction of sp³-hybridized carbons (Fsp3) is 0.522. The Morgan fingerprint density at radius 2 is 1.88 bits per heavy atom. The van der Waals surface area contributed by atoms with E-state index >= 15 is 0 Å². The predicted octanol–water partition coefficient (Wildman–Crippen LogP) is 3.52. The largest absolute Gasteiger partial charge is 0.444 e. The summed E-state index contributed by atoms with van der Waals surface area (Å²) in [5.41, 5.74) is 0.648. The first-order valence-electron chi connectivity index (χ1n) is 11.3. The van der Waals surface area contributed by atoms with Crippen molar-refractivity contribution in [1.82, 2.24) is 14.9 Å². The molecule has 0 saturated carbocycles. The zero-order valence-corrected chi connectivity index (χ0v) is 20.7. The smallest absolute Gasteiger partial charge is 0.410 e. The normalized spacial score (nSPS) is 17.0. The van der Waals surface area contributed by atoms with Crippen molar-refractivity contribution in [2.24, 2.45) is 0 Å². The number of carbonyl (C=O) groups is 1. The maximum absolute atomic E-state index is 14.8. The first-order valence-corrected chi connectivity index (χ1v) is 13.2. The van der Waals surface area contributed by atoms with Gasteiger partial charge in [0.05, 0.1) is 10.6 Å². The second-order valence-corrected chi connectivity index (χ2v) is 11.7. The third-order valence-corrected chi connectivity index (χ3v) is 7.00. The summed E-state index contributed by atoms with van der Waals surface area (Å²) < 4.78 is 43.7. The summed E-state index contributed by atoms with van der Waals surface area (Å²) in [4.78, 5) is 24.5. The number of halogens is 1. The van der Waals surface area contributed by atoms with Crippen LogP contribution in [0.15, 0.2) is 29.4 Å². The average Bonchev–Trinajstić information content (AvgIpc) is 3.17. The highest BCUT2D eigenvalue weighted by atomic mass is 32.2. The molecule has 0 unspecified atom stereocenters. The van der Waals surface area contributed by atoms with Gasteiger partial charge in [-0.3, -0.25) is 0 Å². The Morgan fingerprint density at radius 3 is 2.50 bits per heavy atom. The Balaban J connectivity index is 1.45.